The summed E-state index contributed by atoms with van der Waals surface area (Å²) in [5, 5.41) is 4.84. The fourth-order valence-corrected chi connectivity index (χ4v) is 12.6. The van der Waals surface area contributed by atoms with Crippen LogP contribution in [-0.2, 0) is 11.5 Å². The first-order valence-electron chi connectivity index (χ1n) is 23.4. The molecular weight excluding hydrogens is 785 g/mol. The summed E-state index contributed by atoms with van der Waals surface area (Å²) in [5.41, 5.74) is 18.1. The average Bonchev–Trinajstić information content (AvgIpc) is 3.32. The molecule has 0 spiro atoms. The minimum absolute atomic E-state index is 0.00456. The fourth-order valence-electron chi connectivity index (χ4n) is 10.4. The Kier molecular flexibility index (Phi) is 13.4. The molecular formula is C63H62Si+. The summed E-state index contributed by atoms with van der Waals surface area (Å²) < 4.78 is 0. The summed E-state index contributed by atoms with van der Waals surface area (Å²) in [7, 11) is 0.701. The lowest BCUT2D eigenvalue weighted by Crippen LogP contribution is -2.37. The molecule has 6 aromatic rings. The SMILES string of the molecule is C=C/C=C\c1c(-c2ccc(C3=C4\C=C(C(CC)(CC)[Si+]C(C)(C)c5cccc(CCC)c5)CC(=C)\C4=C(/c4cccc5c#cccc45)CC\C=C/C=C\3)cc2)cc2ccccc2c1C. The summed E-state index contributed by atoms with van der Waals surface area (Å²) in [5.74, 6) is 0. The van der Waals surface area contributed by atoms with Gasteiger partial charge in [0, 0.05) is 5.39 Å². The molecule has 1 radical (unpaired) electrons. The van der Waals surface area contributed by atoms with Gasteiger partial charge < -0.3 is 0 Å². The molecule has 0 unspecified atom stereocenters. The molecule has 0 atom stereocenters. The van der Waals surface area contributed by atoms with Gasteiger partial charge in [0.1, 0.15) is 10.1 Å². The third-order valence-electron chi connectivity index (χ3n) is 13.8. The van der Waals surface area contributed by atoms with E-state index in [1.807, 2.05) is 12.1 Å². The first-order chi connectivity index (χ1) is 31.1. The molecule has 8 rings (SSSR count). The lowest BCUT2D eigenvalue weighted by Gasteiger charge is -2.34. The maximum atomic E-state index is 5.05. The van der Waals surface area contributed by atoms with Crippen molar-refractivity contribution in [1.29, 1.82) is 0 Å². The van der Waals surface area contributed by atoms with E-state index in [4.69, 9.17) is 6.58 Å². The summed E-state index contributed by atoms with van der Waals surface area (Å²) in [6, 6.07) is 47.3. The second-order valence-electron chi connectivity index (χ2n) is 18.2. The molecule has 0 bridgehead atoms. The summed E-state index contributed by atoms with van der Waals surface area (Å²) in [6.07, 6.45) is 25.0. The van der Waals surface area contributed by atoms with Gasteiger partial charge in [0.2, 0.25) is 0 Å². The molecule has 0 saturated carbocycles. The highest BCUT2D eigenvalue weighted by atomic mass is 28.2. The second-order valence-corrected chi connectivity index (χ2v) is 20.6. The molecule has 64 heavy (non-hydrogen) atoms. The van der Waals surface area contributed by atoms with Crippen molar-refractivity contribution in [1.82, 2.24) is 0 Å². The maximum Gasteiger partial charge on any atom is 0.504 e. The van der Waals surface area contributed by atoms with Crippen LogP contribution in [0.5, 0.6) is 0 Å². The zero-order chi connectivity index (χ0) is 44.8. The van der Waals surface area contributed by atoms with Crippen molar-refractivity contribution in [2.45, 2.75) is 96.6 Å². The van der Waals surface area contributed by atoms with Crippen molar-refractivity contribution in [3.8, 4) is 11.1 Å². The lowest BCUT2D eigenvalue weighted by atomic mass is 9.73. The van der Waals surface area contributed by atoms with Crippen molar-refractivity contribution >= 4 is 48.3 Å². The van der Waals surface area contributed by atoms with E-state index in [1.54, 1.807) is 0 Å². The van der Waals surface area contributed by atoms with E-state index in [9.17, 15) is 0 Å². The van der Waals surface area contributed by atoms with Crippen molar-refractivity contribution in [3.63, 3.8) is 0 Å². The minimum atomic E-state index is 0.00456. The van der Waals surface area contributed by atoms with E-state index >= 15 is 0 Å². The quantitative estimate of drug-likeness (QED) is 0.0802. The summed E-state index contributed by atoms with van der Waals surface area (Å²) >= 11 is 0. The molecule has 2 aliphatic carbocycles. The Labute approximate surface area is 386 Å². The zero-order valence-corrected chi connectivity index (χ0v) is 39.9. The minimum Gasteiger partial charge on any atom is -0.0991 e. The molecule has 0 heterocycles. The van der Waals surface area contributed by atoms with Crippen molar-refractivity contribution in [3.05, 3.63) is 233 Å². The topological polar surface area (TPSA) is 0 Å². The number of rotatable bonds is 13. The van der Waals surface area contributed by atoms with Gasteiger partial charge in [0.05, 0.1) is 0 Å². The Morgan fingerprint density at radius 3 is 2.36 bits per heavy atom. The fraction of sp³-hybridized carbons (Fsp3) is 0.238. The second kappa shape index (κ2) is 19.3. The zero-order valence-electron chi connectivity index (χ0n) is 38.9. The molecule has 0 N–H and O–H groups in total. The molecule has 1 heteroatoms. The molecule has 0 fully saturated rings. The predicted molar refractivity (Wildman–Crippen MR) is 281 cm³/mol. The Bertz CT molecular complexity index is 2900. The smallest absolute Gasteiger partial charge is 0.0991 e. The average molecular weight is 847 g/mol. The van der Waals surface area contributed by atoms with E-state index in [-0.39, 0.29) is 10.1 Å². The molecule has 2 aliphatic rings. The van der Waals surface area contributed by atoms with Crippen molar-refractivity contribution in [2.24, 2.45) is 0 Å². The summed E-state index contributed by atoms with van der Waals surface area (Å²) in [4.78, 5) is 0. The van der Waals surface area contributed by atoms with Crippen LogP contribution in [-0.4, -0.2) is 9.52 Å². The highest BCUT2D eigenvalue weighted by Gasteiger charge is 2.54. The van der Waals surface area contributed by atoms with E-state index < -0.39 is 0 Å². The van der Waals surface area contributed by atoms with E-state index in [0.717, 1.165) is 50.3 Å². The van der Waals surface area contributed by atoms with E-state index in [2.05, 4.69) is 206 Å². The largest absolute Gasteiger partial charge is 0.504 e. The normalized spacial score (nSPS) is 18.1. The third kappa shape index (κ3) is 8.82. The Balaban J connectivity index is 1.36. The van der Waals surface area contributed by atoms with Gasteiger partial charge in [-0.1, -0.05) is 186 Å². The molecule has 0 saturated heterocycles. The molecule has 317 valence electrons. The highest BCUT2D eigenvalue weighted by molar-refractivity contribution is 6.45. The van der Waals surface area contributed by atoms with Crippen LogP contribution in [0.2, 0.25) is 5.04 Å². The van der Waals surface area contributed by atoms with Crippen molar-refractivity contribution < 1.29 is 0 Å². The third-order valence-corrected chi connectivity index (χ3v) is 16.2. The molecule has 0 nitrogen and oxygen atoms in total. The molecule has 0 amide bonds. The molecule has 0 aliphatic heterocycles. The van der Waals surface area contributed by atoms with Crippen LogP contribution in [0, 0.1) is 19.1 Å². The molecule has 6 aromatic carbocycles. The van der Waals surface area contributed by atoms with E-state index in [0.29, 0.717) is 9.52 Å². The van der Waals surface area contributed by atoms with Gasteiger partial charge in [-0.05, 0) is 178 Å². The van der Waals surface area contributed by atoms with Gasteiger partial charge in [-0.2, -0.15) is 0 Å². The lowest BCUT2D eigenvalue weighted by molar-refractivity contribution is 0.548. The maximum absolute atomic E-state index is 5.05. The Morgan fingerprint density at radius 1 is 0.797 bits per heavy atom. The Hall–Kier alpha value is -6.20. The number of aryl methyl sites for hydroxylation is 2. The number of hydrogen-bond donors (Lipinski definition) is 0. The van der Waals surface area contributed by atoms with Gasteiger partial charge in [0.25, 0.3) is 0 Å². The van der Waals surface area contributed by atoms with Gasteiger partial charge in [-0.3, -0.25) is 0 Å². The van der Waals surface area contributed by atoms with E-state index in [1.165, 1.54) is 94.1 Å². The van der Waals surface area contributed by atoms with Gasteiger partial charge in [0.15, 0.2) is 0 Å². The van der Waals surface area contributed by atoms with Crippen molar-refractivity contribution in [2.75, 3.05) is 0 Å². The number of allylic oxidation sites excluding steroid dienone is 13. The number of fused-ring (bicyclic) bond motifs is 3. The predicted octanol–water partition coefficient (Wildman–Crippen LogP) is 17.3. The highest BCUT2D eigenvalue weighted by Crippen LogP contribution is 2.54. The first kappa shape index (κ1) is 44.4. The van der Waals surface area contributed by atoms with Crippen LogP contribution in [0.25, 0.3) is 49.9 Å². The van der Waals surface area contributed by atoms with Crippen LogP contribution in [0.4, 0.5) is 0 Å². The van der Waals surface area contributed by atoms with Crippen LogP contribution in [0.1, 0.15) is 107 Å². The van der Waals surface area contributed by atoms with Crippen LogP contribution in [0.15, 0.2) is 187 Å². The molecule has 0 aromatic heterocycles. The summed E-state index contributed by atoms with van der Waals surface area (Å²) in [6.45, 7) is 23.4. The number of hydrogen-bond acceptors (Lipinski definition) is 0. The number of benzene rings is 5. The van der Waals surface area contributed by atoms with Crippen LogP contribution < -0.4 is 0 Å². The van der Waals surface area contributed by atoms with Gasteiger partial charge >= 0.3 is 9.52 Å². The van der Waals surface area contributed by atoms with Gasteiger partial charge in [-0.15, -0.1) is 0 Å². The van der Waals surface area contributed by atoms with Gasteiger partial charge in [-0.25, -0.2) is 0 Å². The standard InChI is InChI=1S/C63H62Si/c1-9-13-30-54-45(6)53-31-20-19-27-50(53)42-59(54)49-38-36-48(37-39-49)56-32-16-14-15-17-34-58(57-35-23-28-47-26-18-21-33-55(47)57)61-44(5)40-52(43-60(56)61)63(11-3,12-4)64-62(7,8)51-29-22-25-46(41-51)24-10-2/h9,13-16,19-23,25,27-33,35-39,41-43H,1,5,10-12,17,24,34,40H2,2-4,6-8H3/q+1/b15-14-,30-13-,32-16-,60-56+,61-58+. The monoisotopic (exact) mass is 846 g/mol. The van der Waals surface area contributed by atoms with Crippen LogP contribution >= 0.6 is 0 Å². The van der Waals surface area contributed by atoms with Crippen LogP contribution in [0.3, 0.4) is 0 Å². The first-order valence-corrected chi connectivity index (χ1v) is 24.4. The Morgan fingerprint density at radius 2 is 1.58 bits per heavy atom.